The number of carbonyl (C=O) groups is 1. The second-order valence-corrected chi connectivity index (χ2v) is 22.8. The van der Waals surface area contributed by atoms with Crippen LogP contribution in [0.2, 0.25) is 0 Å². The van der Waals surface area contributed by atoms with Crippen molar-refractivity contribution in [3.05, 3.63) is 226 Å². The number of nitrogens with zero attached hydrogens (tertiary/aromatic N) is 3. The number of carbonyl (C=O) groups excluding carboxylic acids is 1. The predicted molar refractivity (Wildman–Crippen MR) is 304 cm³/mol. The van der Waals surface area contributed by atoms with Gasteiger partial charge in [-0.05, 0) is 41.3 Å². The van der Waals surface area contributed by atoms with Crippen molar-refractivity contribution in [2.45, 2.75) is 135 Å². The van der Waals surface area contributed by atoms with Gasteiger partial charge in [0, 0.05) is 16.0 Å². The maximum Gasteiger partial charge on any atom is 0.338 e. The van der Waals surface area contributed by atoms with E-state index in [2.05, 4.69) is 10.0 Å². The summed E-state index contributed by atoms with van der Waals surface area (Å²) in [4.78, 5) is 17.9. The highest BCUT2D eigenvalue weighted by Gasteiger charge is 2.60. The Morgan fingerprint density at radius 3 is 1.46 bits per heavy atom. The Hall–Kier alpha value is -6.04. The van der Waals surface area contributed by atoms with E-state index in [4.69, 9.17) is 107 Å². The molecule has 0 bridgehead atoms. The van der Waals surface area contributed by atoms with Gasteiger partial charge in [-0.3, -0.25) is 5.41 Å². The topological polar surface area (TPSA) is 219 Å². The molecule has 5 saturated heterocycles. The zero-order valence-electron chi connectivity index (χ0n) is 45.3. The van der Waals surface area contributed by atoms with Crippen molar-refractivity contribution in [2.24, 2.45) is 5.11 Å². The van der Waals surface area contributed by atoms with Crippen LogP contribution in [0.1, 0.15) is 57.7 Å². The Kier molecular flexibility index (Phi) is 19.9. The van der Waals surface area contributed by atoms with Crippen molar-refractivity contribution in [3.8, 4) is 0 Å². The summed E-state index contributed by atoms with van der Waals surface area (Å²) < 4.78 is 92.2. The standard InChI is InChI=1S/C62H61Cl3N4O15/c1-37-47(71-32-38-20-8-2-9-21-38)51(72-33-39-22-10-3-11-23-39)53(73-34-40-24-12-4-13-25-40)59(76-37)83-54-52(79-55(70)41-26-14-5-15-27-41)49-45(36-75-57(81-49)43-30-18-7-19-31-43)78-60(54)82-50-46(68-69-67)58(84-61(66)62(63,64)65)77-44-35-74-56(80-48(44)50)42-28-16-6-17-29-42/h2-31,37,44-54,56-60,66H,32-36H2,1H3/t37-,44+,45+,46+,47+,48-,49-,50+,51+,52-,53-,54+,56-,57-,58-,59-,60-/m0/s1. The molecule has 5 heterocycles. The summed E-state index contributed by atoms with van der Waals surface area (Å²) in [5, 5.41) is 12.8. The number of esters is 1. The minimum Gasteiger partial charge on any atom is -0.453 e. The van der Waals surface area contributed by atoms with Crippen LogP contribution in [0, 0.1) is 5.41 Å². The van der Waals surface area contributed by atoms with Crippen LogP contribution in [0.15, 0.2) is 187 Å². The molecule has 5 fully saturated rings. The largest absolute Gasteiger partial charge is 0.453 e. The van der Waals surface area contributed by atoms with Crippen LogP contribution in [-0.2, 0) is 86.1 Å². The molecule has 0 aliphatic carbocycles. The number of hydrogen-bond donors (Lipinski definition) is 1. The zero-order valence-corrected chi connectivity index (χ0v) is 47.5. The van der Waals surface area contributed by atoms with E-state index in [9.17, 15) is 10.3 Å². The molecule has 0 amide bonds. The van der Waals surface area contributed by atoms with Gasteiger partial charge in [0.25, 0.3) is 3.79 Å². The smallest absolute Gasteiger partial charge is 0.338 e. The van der Waals surface area contributed by atoms with Gasteiger partial charge in [0.1, 0.15) is 54.9 Å². The first-order chi connectivity index (χ1) is 41.0. The third kappa shape index (κ3) is 14.4. The lowest BCUT2D eigenvalue weighted by Crippen LogP contribution is -2.69. The number of nitrogens with one attached hydrogen (secondary N) is 1. The minimum atomic E-state index is -2.37. The number of rotatable bonds is 19. The molecule has 17 atom stereocenters. The molecule has 0 spiro atoms. The first-order valence-corrected chi connectivity index (χ1v) is 28.6. The lowest BCUT2D eigenvalue weighted by atomic mass is 9.94. The van der Waals surface area contributed by atoms with E-state index in [1.165, 1.54) is 0 Å². The van der Waals surface area contributed by atoms with Crippen molar-refractivity contribution < 1.29 is 71.1 Å². The molecular weight excluding hydrogens is 1150 g/mol. The number of hydrogen-bond acceptors (Lipinski definition) is 17. The molecule has 6 aromatic rings. The van der Waals surface area contributed by atoms with Crippen molar-refractivity contribution >= 4 is 46.7 Å². The van der Waals surface area contributed by atoms with E-state index in [0.717, 1.165) is 16.7 Å². The number of benzene rings is 6. The molecule has 11 rings (SSSR count). The summed E-state index contributed by atoms with van der Waals surface area (Å²) >= 11 is 18.5. The third-order valence-electron chi connectivity index (χ3n) is 14.8. The molecule has 22 heteroatoms. The molecule has 0 unspecified atom stereocenters. The fraction of sp³-hybridized carbons (Fsp3) is 0.387. The summed E-state index contributed by atoms with van der Waals surface area (Å²) in [6, 6.07) is 54.4. The summed E-state index contributed by atoms with van der Waals surface area (Å²) in [6.07, 6.45) is -18.7. The monoisotopic (exact) mass is 1210 g/mol. The normalized spacial score (nSPS) is 31.3. The number of fused-ring (bicyclic) bond motifs is 2. The fourth-order valence-corrected chi connectivity index (χ4v) is 10.9. The van der Waals surface area contributed by atoms with Gasteiger partial charge in [0.2, 0.25) is 12.2 Å². The van der Waals surface area contributed by atoms with E-state index in [-0.39, 0.29) is 38.6 Å². The van der Waals surface area contributed by atoms with E-state index >= 15 is 0 Å². The molecule has 5 aliphatic heterocycles. The average molecular weight is 1210 g/mol. The maximum atomic E-state index is 14.8. The van der Waals surface area contributed by atoms with Crippen LogP contribution in [0.3, 0.4) is 0 Å². The summed E-state index contributed by atoms with van der Waals surface area (Å²) in [6.45, 7) is 2.07. The van der Waals surface area contributed by atoms with Gasteiger partial charge in [0.05, 0.1) is 44.7 Å². The summed E-state index contributed by atoms with van der Waals surface area (Å²) in [7, 11) is 0. The van der Waals surface area contributed by atoms with Crippen LogP contribution in [0.25, 0.3) is 10.4 Å². The molecule has 440 valence electrons. The molecule has 84 heavy (non-hydrogen) atoms. The Morgan fingerprint density at radius 2 is 0.964 bits per heavy atom. The van der Waals surface area contributed by atoms with Crippen LogP contribution in [0.4, 0.5) is 0 Å². The van der Waals surface area contributed by atoms with Crippen LogP contribution < -0.4 is 0 Å². The van der Waals surface area contributed by atoms with E-state index in [0.29, 0.717) is 11.1 Å². The zero-order chi connectivity index (χ0) is 58.0. The number of alkyl halides is 3. The molecule has 0 saturated carbocycles. The van der Waals surface area contributed by atoms with Crippen LogP contribution in [0.5, 0.6) is 0 Å². The molecule has 0 radical (unpaired) electrons. The van der Waals surface area contributed by atoms with Gasteiger partial charge in [-0.1, -0.05) is 210 Å². The van der Waals surface area contributed by atoms with E-state index < -0.39 is 120 Å². The van der Waals surface area contributed by atoms with Crippen molar-refractivity contribution in [1.29, 1.82) is 5.41 Å². The van der Waals surface area contributed by atoms with E-state index in [1.807, 2.05) is 159 Å². The Bertz CT molecular complexity index is 3110. The third-order valence-corrected chi connectivity index (χ3v) is 15.3. The van der Waals surface area contributed by atoms with Gasteiger partial charge in [0.15, 0.2) is 37.4 Å². The summed E-state index contributed by atoms with van der Waals surface area (Å²) in [5.41, 5.74) is 14.5. The van der Waals surface area contributed by atoms with Gasteiger partial charge in [-0.25, -0.2) is 4.79 Å². The lowest BCUT2D eigenvalue weighted by molar-refractivity contribution is -0.412. The highest BCUT2D eigenvalue weighted by molar-refractivity contribution is 6.76. The quantitative estimate of drug-likeness (QED) is 0.0152. The SMILES string of the molecule is C[C@@H]1O[C@@H](O[C@H]2[C@H](O[C@@H]3[C@@H](N=[N+]=[N-])[C@H](OC(=N)C(Cl)(Cl)Cl)O[C@@H]4CO[C@H](c5ccccc5)O[C@H]34)O[C@@H]3CO[C@H](c4ccccc4)O[C@@H]3[C@@H]2OC(=O)c2ccccc2)[C@@H](OCc2ccccc2)[C@H](OCc2ccccc2)[C@@H]1OCc1ccccc1. The molecule has 19 nitrogen and oxygen atoms in total. The van der Waals surface area contributed by atoms with Crippen molar-refractivity contribution in [3.63, 3.8) is 0 Å². The Morgan fingerprint density at radius 1 is 0.536 bits per heavy atom. The number of halogens is 3. The van der Waals surface area contributed by atoms with E-state index in [1.54, 1.807) is 30.3 Å². The molecule has 5 aliphatic rings. The van der Waals surface area contributed by atoms with Gasteiger partial charge in [-0.2, -0.15) is 0 Å². The molecular formula is C62H61Cl3N4O15. The molecule has 0 aromatic heterocycles. The second-order valence-electron chi connectivity index (χ2n) is 20.5. The first-order valence-electron chi connectivity index (χ1n) is 27.5. The Balaban J connectivity index is 1.03. The van der Waals surface area contributed by atoms with Gasteiger partial charge >= 0.3 is 5.97 Å². The number of azide groups is 1. The second kappa shape index (κ2) is 28.0. The lowest BCUT2D eigenvalue weighted by Gasteiger charge is -2.53. The van der Waals surface area contributed by atoms with Crippen molar-refractivity contribution in [1.82, 2.24) is 0 Å². The Labute approximate surface area is 500 Å². The number of ether oxygens (including phenoxy) is 14. The highest BCUT2D eigenvalue weighted by Crippen LogP contribution is 2.44. The highest BCUT2D eigenvalue weighted by atomic mass is 35.6. The first kappa shape index (κ1) is 59.7. The minimum absolute atomic E-state index is 0.0721. The molecule has 1 N–H and O–H groups in total. The fourth-order valence-electron chi connectivity index (χ4n) is 10.7. The average Bonchev–Trinajstić information content (AvgIpc) is 3.14. The van der Waals surface area contributed by atoms with Crippen molar-refractivity contribution in [2.75, 3.05) is 13.2 Å². The predicted octanol–water partition coefficient (Wildman–Crippen LogP) is 11.2. The van der Waals surface area contributed by atoms with Gasteiger partial charge in [-0.15, -0.1) is 0 Å². The van der Waals surface area contributed by atoms with Gasteiger partial charge < -0.3 is 66.3 Å². The van der Waals surface area contributed by atoms with Crippen LogP contribution in [-0.4, -0.2) is 121 Å². The summed E-state index contributed by atoms with van der Waals surface area (Å²) in [5.74, 6) is -1.58. The molecule has 6 aromatic carbocycles. The maximum absolute atomic E-state index is 14.8. The van der Waals surface area contributed by atoms with Crippen LogP contribution >= 0.6 is 34.8 Å².